The number of carbonyl (C=O) groups excluding carboxylic acids is 3. The number of hydrogen-bond donors (Lipinski definition) is 2. The largest absolute Gasteiger partial charge is 0.423 e. The summed E-state index contributed by atoms with van der Waals surface area (Å²) in [7, 11) is 0. The van der Waals surface area contributed by atoms with E-state index < -0.39 is 22.7 Å². The maximum atomic E-state index is 12.3. The van der Waals surface area contributed by atoms with Crippen LogP contribution in [0.5, 0.6) is 5.75 Å². The van der Waals surface area contributed by atoms with Crippen LogP contribution in [0.15, 0.2) is 71.8 Å². The highest BCUT2D eigenvalue weighted by molar-refractivity contribution is 6.42. The molecule has 3 aromatic rings. The van der Waals surface area contributed by atoms with Crippen LogP contribution in [-0.4, -0.2) is 28.9 Å². The SMILES string of the molecule is O=C(NN=Cc1ccc(OC(=O)c2ccccc2[N+](=O)[O-])cc1)C(=O)Nc1cc(Cl)ccc1Cl. The molecule has 0 aliphatic heterocycles. The van der Waals surface area contributed by atoms with E-state index in [1.807, 2.05) is 0 Å². The number of nitro groups is 1. The molecule has 0 spiro atoms. The molecule has 2 N–H and O–H groups in total. The van der Waals surface area contributed by atoms with Gasteiger partial charge in [-0.15, -0.1) is 0 Å². The molecule has 0 bridgehead atoms. The van der Waals surface area contributed by atoms with Crippen LogP contribution in [0.3, 0.4) is 0 Å². The zero-order valence-corrected chi connectivity index (χ0v) is 18.5. The van der Waals surface area contributed by atoms with Gasteiger partial charge in [-0.25, -0.2) is 10.2 Å². The van der Waals surface area contributed by atoms with E-state index in [1.165, 1.54) is 72.9 Å². The van der Waals surface area contributed by atoms with Gasteiger partial charge in [0.1, 0.15) is 11.3 Å². The molecule has 0 saturated carbocycles. The maximum absolute atomic E-state index is 12.3. The van der Waals surface area contributed by atoms with Crippen LogP contribution in [0.4, 0.5) is 11.4 Å². The highest BCUT2D eigenvalue weighted by Crippen LogP contribution is 2.25. The standard InChI is InChI=1S/C22H14Cl2N4O6/c23-14-7-10-17(24)18(11-14)26-20(29)21(30)27-25-12-13-5-8-15(9-6-13)34-22(31)16-3-1-2-4-19(16)28(32)33/h1-12H,(H,26,29)(H,27,30). The Labute approximate surface area is 202 Å². The minimum absolute atomic E-state index is 0.141. The lowest BCUT2D eigenvalue weighted by Crippen LogP contribution is -2.32. The fraction of sp³-hybridized carbons (Fsp3) is 0. The van der Waals surface area contributed by atoms with Crippen molar-refractivity contribution in [2.24, 2.45) is 5.10 Å². The molecule has 0 unspecified atom stereocenters. The third-order valence-corrected chi connectivity index (χ3v) is 4.74. The quantitative estimate of drug-likeness (QED) is 0.130. The van der Waals surface area contributed by atoms with Gasteiger partial charge in [0.2, 0.25) is 0 Å². The summed E-state index contributed by atoms with van der Waals surface area (Å²) in [4.78, 5) is 46.5. The summed E-state index contributed by atoms with van der Waals surface area (Å²) < 4.78 is 5.16. The minimum atomic E-state index is -1.04. The highest BCUT2D eigenvalue weighted by Gasteiger charge is 2.21. The fourth-order valence-electron chi connectivity index (χ4n) is 2.58. The fourth-order valence-corrected chi connectivity index (χ4v) is 2.91. The Morgan fingerprint density at radius 3 is 2.38 bits per heavy atom. The monoisotopic (exact) mass is 500 g/mol. The van der Waals surface area contributed by atoms with Crippen molar-refractivity contribution in [3.8, 4) is 5.75 Å². The summed E-state index contributed by atoms with van der Waals surface area (Å²) in [6, 6.07) is 15.7. The zero-order chi connectivity index (χ0) is 24.7. The molecule has 3 aromatic carbocycles. The molecule has 34 heavy (non-hydrogen) atoms. The molecule has 0 saturated heterocycles. The van der Waals surface area contributed by atoms with Gasteiger partial charge < -0.3 is 10.1 Å². The van der Waals surface area contributed by atoms with Gasteiger partial charge in [-0.05, 0) is 54.1 Å². The number of rotatable bonds is 6. The second-order valence-corrected chi connectivity index (χ2v) is 7.35. The van der Waals surface area contributed by atoms with Gasteiger partial charge in [-0.3, -0.25) is 19.7 Å². The van der Waals surface area contributed by atoms with E-state index in [4.69, 9.17) is 27.9 Å². The van der Waals surface area contributed by atoms with Crippen molar-refractivity contribution in [3.63, 3.8) is 0 Å². The van der Waals surface area contributed by atoms with Crippen molar-refractivity contribution >= 4 is 58.6 Å². The first kappa shape index (κ1) is 24.4. The molecule has 0 aliphatic rings. The number of amides is 2. The summed E-state index contributed by atoms with van der Waals surface area (Å²) in [5, 5.41) is 17.6. The Bertz CT molecular complexity index is 1290. The number of para-hydroxylation sites is 1. The summed E-state index contributed by atoms with van der Waals surface area (Å²) in [6.07, 6.45) is 1.26. The van der Waals surface area contributed by atoms with Crippen LogP contribution >= 0.6 is 23.2 Å². The summed E-state index contributed by atoms with van der Waals surface area (Å²) >= 11 is 11.8. The first-order valence-electron chi connectivity index (χ1n) is 9.39. The molecule has 0 fully saturated rings. The average molecular weight is 501 g/mol. The van der Waals surface area contributed by atoms with Gasteiger partial charge in [0.05, 0.1) is 21.8 Å². The van der Waals surface area contributed by atoms with E-state index in [2.05, 4.69) is 15.8 Å². The first-order valence-corrected chi connectivity index (χ1v) is 10.2. The number of hydrazone groups is 1. The summed E-state index contributed by atoms with van der Waals surface area (Å²) in [5.41, 5.74) is 2.19. The lowest BCUT2D eigenvalue weighted by atomic mass is 10.2. The Morgan fingerprint density at radius 2 is 1.68 bits per heavy atom. The molecular weight excluding hydrogens is 487 g/mol. The predicted molar refractivity (Wildman–Crippen MR) is 125 cm³/mol. The van der Waals surface area contributed by atoms with Crippen molar-refractivity contribution in [1.82, 2.24) is 5.43 Å². The van der Waals surface area contributed by atoms with Gasteiger partial charge in [0.15, 0.2) is 0 Å². The number of benzene rings is 3. The molecule has 10 nitrogen and oxygen atoms in total. The number of ether oxygens (including phenoxy) is 1. The van der Waals surface area contributed by atoms with E-state index in [-0.39, 0.29) is 27.7 Å². The molecule has 12 heteroatoms. The molecule has 3 rings (SSSR count). The maximum Gasteiger partial charge on any atom is 0.350 e. The summed E-state index contributed by atoms with van der Waals surface area (Å²) in [5.74, 6) is -2.78. The lowest BCUT2D eigenvalue weighted by Gasteiger charge is -2.06. The first-order chi connectivity index (χ1) is 16.2. The molecule has 0 atom stereocenters. The number of esters is 1. The summed E-state index contributed by atoms with van der Waals surface area (Å²) in [6.45, 7) is 0. The molecule has 0 radical (unpaired) electrons. The van der Waals surface area contributed by atoms with Crippen molar-refractivity contribution in [2.45, 2.75) is 0 Å². The van der Waals surface area contributed by atoms with Gasteiger partial charge in [0, 0.05) is 11.1 Å². The molecule has 0 aromatic heterocycles. The lowest BCUT2D eigenvalue weighted by molar-refractivity contribution is -0.385. The smallest absolute Gasteiger partial charge is 0.350 e. The zero-order valence-electron chi connectivity index (χ0n) is 17.0. The van der Waals surface area contributed by atoms with Crippen LogP contribution in [0.1, 0.15) is 15.9 Å². The number of hydrogen-bond acceptors (Lipinski definition) is 7. The van der Waals surface area contributed by atoms with E-state index in [0.29, 0.717) is 10.6 Å². The number of nitrogens with one attached hydrogen (secondary N) is 2. The second kappa shape index (κ2) is 11.0. The number of carbonyl (C=O) groups is 3. The van der Waals surface area contributed by atoms with E-state index in [9.17, 15) is 24.5 Å². The van der Waals surface area contributed by atoms with Crippen molar-refractivity contribution in [1.29, 1.82) is 0 Å². The molecule has 2 amide bonds. The van der Waals surface area contributed by atoms with Crippen LogP contribution < -0.4 is 15.5 Å². The van der Waals surface area contributed by atoms with E-state index in [1.54, 1.807) is 0 Å². The van der Waals surface area contributed by atoms with Crippen LogP contribution in [-0.2, 0) is 9.59 Å². The average Bonchev–Trinajstić information content (AvgIpc) is 2.82. The van der Waals surface area contributed by atoms with Crippen LogP contribution in [0, 0.1) is 10.1 Å². The van der Waals surface area contributed by atoms with Gasteiger partial charge in [-0.1, -0.05) is 35.3 Å². The molecule has 0 aliphatic carbocycles. The Kier molecular flexibility index (Phi) is 7.91. The second-order valence-electron chi connectivity index (χ2n) is 6.51. The normalized spacial score (nSPS) is 10.5. The molecular formula is C22H14Cl2N4O6. The highest BCUT2D eigenvalue weighted by atomic mass is 35.5. The number of halogens is 2. The van der Waals surface area contributed by atoms with Gasteiger partial charge in [-0.2, -0.15) is 5.10 Å². The number of nitro benzene ring substituents is 1. The Balaban J connectivity index is 1.56. The predicted octanol–water partition coefficient (Wildman–Crippen LogP) is 4.21. The van der Waals surface area contributed by atoms with Crippen molar-refractivity contribution in [2.75, 3.05) is 5.32 Å². The molecule has 0 heterocycles. The molecule has 172 valence electrons. The number of nitrogens with zero attached hydrogens (tertiary/aromatic N) is 2. The topological polar surface area (TPSA) is 140 Å². The van der Waals surface area contributed by atoms with E-state index >= 15 is 0 Å². The van der Waals surface area contributed by atoms with E-state index in [0.717, 1.165) is 0 Å². The van der Waals surface area contributed by atoms with Crippen molar-refractivity contribution in [3.05, 3.63) is 98.0 Å². The Morgan fingerprint density at radius 1 is 0.971 bits per heavy atom. The minimum Gasteiger partial charge on any atom is -0.423 e. The third kappa shape index (κ3) is 6.37. The van der Waals surface area contributed by atoms with Gasteiger partial charge >= 0.3 is 17.8 Å². The van der Waals surface area contributed by atoms with Crippen LogP contribution in [0.25, 0.3) is 0 Å². The third-order valence-electron chi connectivity index (χ3n) is 4.17. The van der Waals surface area contributed by atoms with Crippen LogP contribution in [0.2, 0.25) is 10.0 Å². The van der Waals surface area contributed by atoms with Crippen molar-refractivity contribution < 1.29 is 24.0 Å². The Hall–Kier alpha value is -4.28. The number of anilines is 1. The van der Waals surface area contributed by atoms with Gasteiger partial charge in [0.25, 0.3) is 5.69 Å².